The van der Waals surface area contributed by atoms with Gasteiger partial charge < -0.3 is 19.8 Å². The number of hydrogen-bond acceptors (Lipinski definition) is 5. The highest BCUT2D eigenvalue weighted by Crippen LogP contribution is 2.25. The predicted octanol–water partition coefficient (Wildman–Crippen LogP) is 2.59. The molecule has 30 heavy (non-hydrogen) atoms. The van der Waals surface area contributed by atoms with Gasteiger partial charge in [0.15, 0.2) is 0 Å². The summed E-state index contributed by atoms with van der Waals surface area (Å²) >= 11 is 0. The van der Waals surface area contributed by atoms with Gasteiger partial charge in [0.1, 0.15) is 22.2 Å². The van der Waals surface area contributed by atoms with E-state index >= 15 is 0 Å². The van der Waals surface area contributed by atoms with E-state index in [-0.39, 0.29) is 37.7 Å². The summed E-state index contributed by atoms with van der Waals surface area (Å²) in [4.78, 5) is 15.2. The fourth-order valence-corrected chi connectivity index (χ4v) is 4.76. The summed E-state index contributed by atoms with van der Waals surface area (Å²) in [6.45, 7) is 0.804. The zero-order valence-electron chi connectivity index (χ0n) is 16.1. The van der Waals surface area contributed by atoms with Crippen molar-refractivity contribution in [1.82, 2.24) is 9.29 Å². The van der Waals surface area contributed by atoms with Crippen LogP contribution in [0.3, 0.4) is 0 Å². The Morgan fingerprint density at radius 3 is 2.67 bits per heavy atom. The van der Waals surface area contributed by atoms with Crippen LogP contribution in [0.1, 0.15) is 10.5 Å². The maximum atomic E-state index is 14.3. The van der Waals surface area contributed by atoms with Crippen molar-refractivity contribution < 1.29 is 27.1 Å². The highest BCUT2D eigenvalue weighted by molar-refractivity contribution is 7.89. The first kappa shape index (κ1) is 20.3. The first-order chi connectivity index (χ1) is 14.4. The van der Waals surface area contributed by atoms with Gasteiger partial charge in [-0.1, -0.05) is 0 Å². The number of rotatable bonds is 5. The van der Waals surface area contributed by atoms with Crippen LogP contribution in [0.25, 0.3) is 10.9 Å². The third-order valence-electron chi connectivity index (χ3n) is 4.85. The Hall–Kier alpha value is -2.95. The van der Waals surface area contributed by atoms with Crippen molar-refractivity contribution in [1.29, 1.82) is 0 Å². The number of ether oxygens (including phenoxy) is 2. The zero-order chi connectivity index (χ0) is 21.3. The number of sulfonamides is 1. The first-order valence-corrected chi connectivity index (χ1v) is 10.7. The summed E-state index contributed by atoms with van der Waals surface area (Å²) in [5, 5.41) is 3.43. The van der Waals surface area contributed by atoms with Crippen LogP contribution >= 0.6 is 0 Å². The number of anilines is 1. The first-order valence-electron chi connectivity index (χ1n) is 9.24. The van der Waals surface area contributed by atoms with Gasteiger partial charge in [0.25, 0.3) is 5.91 Å². The molecule has 0 spiro atoms. The molecule has 2 N–H and O–H groups in total. The molecule has 0 bridgehead atoms. The van der Waals surface area contributed by atoms with E-state index in [9.17, 15) is 17.6 Å². The smallest absolute Gasteiger partial charge is 0.272 e. The van der Waals surface area contributed by atoms with Gasteiger partial charge in [-0.15, -0.1) is 0 Å². The fourth-order valence-electron chi connectivity index (χ4n) is 3.26. The average molecular weight is 433 g/mol. The second kappa shape index (κ2) is 8.05. The van der Waals surface area contributed by atoms with Crippen LogP contribution in [-0.4, -0.2) is 57.0 Å². The molecule has 1 aliphatic heterocycles. The molecule has 0 saturated carbocycles. The molecule has 10 heteroatoms. The molecule has 8 nitrogen and oxygen atoms in total. The van der Waals surface area contributed by atoms with Crippen molar-refractivity contribution in [2.45, 2.75) is 4.90 Å². The fraction of sp³-hybridized carbons (Fsp3) is 0.250. The summed E-state index contributed by atoms with van der Waals surface area (Å²) in [6, 6.07) is 10.5. The molecule has 1 aliphatic rings. The lowest BCUT2D eigenvalue weighted by Crippen LogP contribution is -2.40. The van der Waals surface area contributed by atoms with Gasteiger partial charge in [-0.05, 0) is 36.4 Å². The minimum absolute atomic E-state index is 0.150. The molecule has 1 aromatic heterocycles. The second-order valence-corrected chi connectivity index (χ2v) is 8.66. The topological polar surface area (TPSA) is 101 Å². The Bertz CT molecular complexity index is 1200. The van der Waals surface area contributed by atoms with Crippen molar-refractivity contribution >= 4 is 32.5 Å². The van der Waals surface area contributed by atoms with E-state index in [1.807, 2.05) is 6.07 Å². The Morgan fingerprint density at radius 1 is 1.17 bits per heavy atom. The van der Waals surface area contributed by atoms with Gasteiger partial charge in [0, 0.05) is 35.7 Å². The van der Waals surface area contributed by atoms with Gasteiger partial charge in [-0.3, -0.25) is 4.79 Å². The van der Waals surface area contributed by atoms with Gasteiger partial charge in [0.2, 0.25) is 10.0 Å². The number of fused-ring (bicyclic) bond motifs is 1. The molecule has 0 radical (unpaired) electrons. The number of methoxy groups -OCH3 is 1. The standard InChI is InChI=1S/C20H20FN3O5S/c1-28-15-4-2-13-10-18(23-17(13)12-15)20(25)22-14-3-5-16(21)19(11-14)30(26,27)24-6-8-29-9-7-24/h2-5,10-12,23H,6-9H2,1H3,(H,22,25). The summed E-state index contributed by atoms with van der Waals surface area (Å²) < 4.78 is 51.4. The van der Waals surface area contributed by atoms with Gasteiger partial charge in [-0.2, -0.15) is 4.31 Å². The third-order valence-corrected chi connectivity index (χ3v) is 6.76. The second-order valence-electron chi connectivity index (χ2n) is 6.75. The summed E-state index contributed by atoms with van der Waals surface area (Å²) in [5.74, 6) is -0.712. The summed E-state index contributed by atoms with van der Waals surface area (Å²) in [5.41, 5.74) is 1.17. The molecule has 1 amide bonds. The molecule has 2 aromatic carbocycles. The molecule has 1 fully saturated rings. The van der Waals surface area contributed by atoms with E-state index in [0.29, 0.717) is 11.3 Å². The number of benzene rings is 2. The Kier molecular flexibility index (Phi) is 5.46. The monoisotopic (exact) mass is 433 g/mol. The zero-order valence-corrected chi connectivity index (χ0v) is 17.0. The molecular formula is C20H20FN3O5S. The van der Waals surface area contributed by atoms with E-state index in [2.05, 4.69) is 10.3 Å². The predicted molar refractivity (Wildman–Crippen MR) is 109 cm³/mol. The van der Waals surface area contributed by atoms with E-state index in [0.717, 1.165) is 17.5 Å². The van der Waals surface area contributed by atoms with Gasteiger partial charge in [-0.25, -0.2) is 12.8 Å². The number of H-pyrrole nitrogens is 1. The minimum Gasteiger partial charge on any atom is -0.497 e. The summed E-state index contributed by atoms with van der Waals surface area (Å²) in [6.07, 6.45) is 0. The van der Waals surface area contributed by atoms with Gasteiger partial charge in [0.05, 0.1) is 20.3 Å². The Morgan fingerprint density at radius 2 is 1.93 bits per heavy atom. The van der Waals surface area contributed by atoms with Crippen molar-refractivity contribution in [3.8, 4) is 5.75 Å². The minimum atomic E-state index is -4.04. The molecule has 0 aliphatic carbocycles. The van der Waals surface area contributed by atoms with Crippen LogP contribution in [0.2, 0.25) is 0 Å². The summed E-state index contributed by atoms with van der Waals surface area (Å²) in [7, 11) is -2.49. The van der Waals surface area contributed by atoms with E-state index in [4.69, 9.17) is 9.47 Å². The van der Waals surface area contributed by atoms with Crippen molar-refractivity contribution in [3.05, 3.63) is 54.0 Å². The van der Waals surface area contributed by atoms with E-state index < -0.39 is 26.6 Å². The molecule has 158 valence electrons. The van der Waals surface area contributed by atoms with Crippen LogP contribution in [-0.2, 0) is 14.8 Å². The van der Waals surface area contributed by atoms with Crippen molar-refractivity contribution in [3.63, 3.8) is 0 Å². The molecule has 1 saturated heterocycles. The number of halogens is 1. The molecule has 0 atom stereocenters. The lowest BCUT2D eigenvalue weighted by molar-refractivity contribution is 0.0729. The van der Waals surface area contributed by atoms with Crippen molar-refractivity contribution in [2.24, 2.45) is 0 Å². The highest BCUT2D eigenvalue weighted by atomic mass is 32.2. The Balaban J connectivity index is 1.59. The number of aromatic nitrogens is 1. The number of nitrogens with one attached hydrogen (secondary N) is 2. The molecule has 4 rings (SSSR count). The maximum absolute atomic E-state index is 14.3. The Labute approximate surface area is 172 Å². The largest absolute Gasteiger partial charge is 0.497 e. The van der Waals surface area contributed by atoms with Crippen LogP contribution in [0.15, 0.2) is 47.4 Å². The van der Waals surface area contributed by atoms with Crippen molar-refractivity contribution in [2.75, 3.05) is 38.7 Å². The number of nitrogens with zero attached hydrogens (tertiary/aromatic N) is 1. The lowest BCUT2D eigenvalue weighted by atomic mass is 10.2. The van der Waals surface area contributed by atoms with Crippen LogP contribution in [0, 0.1) is 5.82 Å². The normalized spacial score (nSPS) is 15.3. The molecule has 0 unspecified atom stereocenters. The number of carbonyl (C=O) groups excluding carboxylic acids is 1. The number of carbonyl (C=O) groups is 1. The maximum Gasteiger partial charge on any atom is 0.272 e. The van der Waals surface area contributed by atoms with Crippen LogP contribution in [0.5, 0.6) is 5.75 Å². The molecule has 3 aromatic rings. The van der Waals surface area contributed by atoms with E-state index in [1.54, 1.807) is 25.3 Å². The number of amides is 1. The van der Waals surface area contributed by atoms with E-state index in [1.165, 1.54) is 10.4 Å². The molecule has 2 heterocycles. The van der Waals surface area contributed by atoms with Crippen LogP contribution < -0.4 is 10.1 Å². The highest BCUT2D eigenvalue weighted by Gasteiger charge is 2.29. The quantitative estimate of drug-likeness (QED) is 0.644. The van der Waals surface area contributed by atoms with Gasteiger partial charge >= 0.3 is 0 Å². The molecular weight excluding hydrogens is 413 g/mol. The number of morpholine rings is 1. The van der Waals surface area contributed by atoms with Crippen LogP contribution in [0.4, 0.5) is 10.1 Å². The SMILES string of the molecule is COc1ccc2cc(C(=O)Nc3ccc(F)c(S(=O)(=O)N4CCOCC4)c3)[nH]c2c1. The lowest BCUT2D eigenvalue weighted by Gasteiger charge is -2.26. The average Bonchev–Trinajstić information content (AvgIpc) is 3.19. The number of aromatic amines is 1. The third kappa shape index (κ3) is 3.89. The number of hydrogen-bond donors (Lipinski definition) is 2.